The minimum Gasteiger partial charge on any atom is -0.199 e. The van der Waals surface area contributed by atoms with Gasteiger partial charge in [-0.1, -0.05) is 66.2 Å². The van der Waals surface area contributed by atoms with Gasteiger partial charge in [-0.2, -0.15) is 8.42 Å². The van der Waals surface area contributed by atoms with Crippen molar-refractivity contribution in [3.05, 3.63) is 96.1 Å². The molecule has 0 spiro atoms. The maximum atomic E-state index is 12.8. The van der Waals surface area contributed by atoms with Crippen LogP contribution < -0.4 is 0 Å². The van der Waals surface area contributed by atoms with Gasteiger partial charge >= 0.3 is 0 Å². The molecule has 0 N–H and O–H groups in total. The van der Waals surface area contributed by atoms with E-state index in [1.807, 2.05) is 67.6 Å². The van der Waals surface area contributed by atoms with Gasteiger partial charge in [-0.25, -0.2) is 0 Å². The third-order valence-corrected chi connectivity index (χ3v) is 7.46. The van der Waals surface area contributed by atoms with E-state index in [0.717, 1.165) is 16.0 Å². The van der Waals surface area contributed by atoms with Crippen LogP contribution in [0.1, 0.15) is 11.1 Å². The Morgan fingerprint density at radius 3 is 1.96 bits per heavy atom. The molecule has 0 bridgehead atoms. The molecule has 0 aliphatic rings. The predicted molar refractivity (Wildman–Crippen MR) is 103 cm³/mol. The third-order valence-electron chi connectivity index (χ3n) is 3.67. The van der Waals surface area contributed by atoms with Gasteiger partial charge in [-0.15, -0.1) is 3.77 Å². The fourth-order valence-electron chi connectivity index (χ4n) is 2.33. The molecule has 0 unspecified atom stereocenters. The Labute approximate surface area is 151 Å². The van der Waals surface area contributed by atoms with Crippen LogP contribution in [-0.2, 0) is 26.5 Å². The summed E-state index contributed by atoms with van der Waals surface area (Å²) in [6.07, 6.45) is 0. The zero-order chi connectivity index (χ0) is 17.7. The summed E-state index contributed by atoms with van der Waals surface area (Å²) in [7, 11) is -4.48. The Morgan fingerprint density at radius 2 is 1.36 bits per heavy atom. The molecule has 25 heavy (non-hydrogen) atoms. The quantitative estimate of drug-likeness (QED) is 0.652. The summed E-state index contributed by atoms with van der Waals surface area (Å²) in [6, 6.07) is 26.3. The van der Waals surface area contributed by atoms with Crippen molar-refractivity contribution in [3.8, 4) is 0 Å². The van der Waals surface area contributed by atoms with Gasteiger partial charge < -0.3 is 0 Å². The maximum absolute atomic E-state index is 12.8. The number of benzene rings is 3. The number of hydrogen-bond donors (Lipinski definition) is 0. The standard InChI is InChI=1S/C20H19NO2S2/c1-17-12-14-20(15-13-17)25(22,23)21-24(19-10-6-3-7-11-19)16-18-8-4-2-5-9-18/h2-15H,16H2,1H3/t24-/m0/s1. The van der Waals surface area contributed by atoms with Crippen LogP contribution in [0.25, 0.3) is 0 Å². The van der Waals surface area contributed by atoms with Crippen LogP contribution in [0.4, 0.5) is 0 Å². The van der Waals surface area contributed by atoms with Crippen LogP contribution in [0.15, 0.2) is 98.5 Å². The Morgan fingerprint density at radius 1 is 0.800 bits per heavy atom. The van der Waals surface area contributed by atoms with E-state index in [9.17, 15) is 8.42 Å². The number of hydrogen-bond acceptors (Lipinski definition) is 2. The lowest BCUT2D eigenvalue weighted by molar-refractivity contribution is 0.598. The Balaban J connectivity index is 2.04. The molecule has 3 nitrogen and oxygen atoms in total. The van der Waals surface area contributed by atoms with Gasteiger partial charge in [-0.3, -0.25) is 0 Å². The summed E-state index contributed by atoms with van der Waals surface area (Å²) in [5.41, 5.74) is 2.09. The van der Waals surface area contributed by atoms with E-state index in [2.05, 4.69) is 3.77 Å². The first-order valence-corrected chi connectivity index (χ1v) is 10.7. The number of nitrogens with zero attached hydrogens (tertiary/aromatic N) is 1. The molecule has 0 amide bonds. The molecule has 3 rings (SSSR count). The number of rotatable bonds is 5. The number of aryl methyl sites for hydroxylation is 1. The molecule has 5 heteroatoms. The summed E-state index contributed by atoms with van der Waals surface area (Å²) in [6.45, 7) is 1.93. The molecule has 3 aromatic carbocycles. The van der Waals surface area contributed by atoms with E-state index in [4.69, 9.17) is 0 Å². The van der Waals surface area contributed by atoms with Gasteiger partial charge in [0.2, 0.25) is 0 Å². The van der Waals surface area contributed by atoms with Crippen LogP contribution in [0.3, 0.4) is 0 Å². The zero-order valence-electron chi connectivity index (χ0n) is 13.9. The lowest BCUT2D eigenvalue weighted by atomic mass is 10.2. The lowest BCUT2D eigenvalue weighted by Crippen LogP contribution is -2.03. The van der Waals surface area contributed by atoms with Crippen molar-refractivity contribution in [3.63, 3.8) is 0 Å². The first-order chi connectivity index (χ1) is 12.0. The second-order valence-electron chi connectivity index (χ2n) is 5.67. The first-order valence-electron chi connectivity index (χ1n) is 7.89. The SMILES string of the molecule is Cc1ccc(S(=O)(=O)N=[S@@](Cc2ccccc2)c2ccccc2)cc1. The molecular formula is C20H19NO2S2. The minimum atomic E-state index is -3.71. The second-order valence-corrected chi connectivity index (χ2v) is 9.18. The molecule has 0 aromatic heterocycles. The topological polar surface area (TPSA) is 46.5 Å². The van der Waals surface area contributed by atoms with E-state index in [1.165, 1.54) is 0 Å². The average molecular weight is 370 g/mol. The van der Waals surface area contributed by atoms with E-state index < -0.39 is 20.7 Å². The van der Waals surface area contributed by atoms with Crippen LogP contribution in [0.2, 0.25) is 0 Å². The first kappa shape index (κ1) is 17.6. The lowest BCUT2D eigenvalue weighted by Gasteiger charge is -2.09. The molecule has 3 aromatic rings. The number of sulfonamides is 1. The highest BCUT2D eigenvalue weighted by Gasteiger charge is 2.15. The van der Waals surface area contributed by atoms with Gasteiger partial charge in [0.25, 0.3) is 10.0 Å². The van der Waals surface area contributed by atoms with E-state index in [-0.39, 0.29) is 4.90 Å². The summed E-state index contributed by atoms with van der Waals surface area (Å²) in [4.78, 5) is 1.15. The van der Waals surface area contributed by atoms with Crippen molar-refractivity contribution in [2.24, 2.45) is 3.77 Å². The molecule has 0 aliphatic carbocycles. The van der Waals surface area contributed by atoms with Gasteiger partial charge in [0, 0.05) is 10.6 Å². The van der Waals surface area contributed by atoms with Crippen molar-refractivity contribution in [1.29, 1.82) is 0 Å². The van der Waals surface area contributed by atoms with E-state index in [0.29, 0.717) is 5.75 Å². The van der Waals surface area contributed by atoms with Crippen molar-refractivity contribution < 1.29 is 8.42 Å². The van der Waals surface area contributed by atoms with Crippen LogP contribution in [-0.4, -0.2) is 8.42 Å². The van der Waals surface area contributed by atoms with Crippen molar-refractivity contribution in [2.75, 3.05) is 0 Å². The van der Waals surface area contributed by atoms with E-state index in [1.54, 1.807) is 24.3 Å². The maximum Gasteiger partial charge on any atom is 0.288 e. The van der Waals surface area contributed by atoms with Gasteiger partial charge in [0.15, 0.2) is 0 Å². The van der Waals surface area contributed by atoms with E-state index >= 15 is 0 Å². The van der Waals surface area contributed by atoms with Gasteiger partial charge in [-0.05, 0) is 47.4 Å². The Bertz CT molecular complexity index is 965. The molecule has 0 aliphatic heterocycles. The van der Waals surface area contributed by atoms with Crippen molar-refractivity contribution in [2.45, 2.75) is 22.5 Å². The molecule has 0 fully saturated rings. The monoisotopic (exact) mass is 369 g/mol. The molecule has 0 radical (unpaired) electrons. The fourth-order valence-corrected chi connectivity index (χ4v) is 5.81. The van der Waals surface area contributed by atoms with Crippen LogP contribution in [0, 0.1) is 6.92 Å². The molecule has 128 valence electrons. The van der Waals surface area contributed by atoms with Crippen molar-refractivity contribution >= 4 is 20.7 Å². The Kier molecular flexibility index (Phi) is 5.46. The molecule has 1 atom stereocenters. The van der Waals surface area contributed by atoms with Gasteiger partial charge in [0.1, 0.15) is 0 Å². The summed E-state index contributed by atoms with van der Waals surface area (Å²) in [5.74, 6) is 0.565. The molecule has 0 saturated heterocycles. The third kappa shape index (κ3) is 4.65. The van der Waals surface area contributed by atoms with Crippen LogP contribution in [0.5, 0.6) is 0 Å². The smallest absolute Gasteiger partial charge is 0.199 e. The zero-order valence-corrected chi connectivity index (χ0v) is 15.5. The largest absolute Gasteiger partial charge is 0.288 e. The summed E-state index contributed by atoms with van der Waals surface area (Å²) < 4.78 is 29.8. The molecule has 0 saturated carbocycles. The van der Waals surface area contributed by atoms with Crippen molar-refractivity contribution in [1.82, 2.24) is 0 Å². The Hall–Kier alpha value is -2.24. The average Bonchev–Trinajstić information content (AvgIpc) is 2.63. The minimum absolute atomic E-state index is 0.236. The fraction of sp³-hybridized carbons (Fsp3) is 0.100. The summed E-state index contributed by atoms with van der Waals surface area (Å²) in [5, 5.41) is 0. The molecule has 0 heterocycles. The highest BCUT2D eigenvalue weighted by atomic mass is 32.3. The van der Waals surface area contributed by atoms with Crippen LogP contribution >= 0.6 is 0 Å². The normalized spacial score (nSPS) is 12.8. The second kappa shape index (κ2) is 7.76. The predicted octanol–water partition coefficient (Wildman–Crippen LogP) is 4.74. The highest BCUT2D eigenvalue weighted by Crippen LogP contribution is 2.20. The van der Waals surface area contributed by atoms with Gasteiger partial charge in [0.05, 0.1) is 4.90 Å². The highest BCUT2D eigenvalue weighted by molar-refractivity contribution is 7.99. The summed E-state index contributed by atoms with van der Waals surface area (Å²) >= 11 is 0. The molecular weight excluding hydrogens is 350 g/mol.